The first-order valence-corrected chi connectivity index (χ1v) is 7.12. The molecule has 4 nitrogen and oxygen atoms in total. The standard InChI is InChI=1S/C17H18F2N2O2/c1-11(12-6-7-15(18)16(19)8-12)20-10-17(22)21-13-4-3-5-14(9-13)23-2/h3-9,11,20H,10H2,1-2H3,(H,21,22)/t11-/m1/s1. The number of anilines is 1. The number of carbonyl (C=O) groups is 1. The molecule has 2 aromatic carbocycles. The summed E-state index contributed by atoms with van der Waals surface area (Å²) in [5, 5.41) is 5.69. The molecule has 0 heterocycles. The molecule has 0 fully saturated rings. The average Bonchev–Trinajstić information content (AvgIpc) is 2.55. The van der Waals surface area contributed by atoms with Crippen molar-refractivity contribution in [3.05, 3.63) is 59.7 Å². The van der Waals surface area contributed by atoms with E-state index in [0.717, 1.165) is 12.1 Å². The number of nitrogens with one attached hydrogen (secondary N) is 2. The van der Waals surface area contributed by atoms with Crippen LogP contribution in [0.15, 0.2) is 42.5 Å². The zero-order valence-electron chi connectivity index (χ0n) is 12.9. The van der Waals surface area contributed by atoms with Gasteiger partial charge in [-0.25, -0.2) is 8.78 Å². The van der Waals surface area contributed by atoms with Crippen molar-refractivity contribution in [1.82, 2.24) is 5.32 Å². The van der Waals surface area contributed by atoms with Gasteiger partial charge in [0, 0.05) is 17.8 Å². The topological polar surface area (TPSA) is 50.4 Å². The summed E-state index contributed by atoms with van der Waals surface area (Å²) >= 11 is 0. The molecule has 2 aromatic rings. The maximum absolute atomic E-state index is 13.2. The van der Waals surface area contributed by atoms with E-state index in [1.54, 1.807) is 38.3 Å². The van der Waals surface area contributed by atoms with Crippen LogP contribution in [0.1, 0.15) is 18.5 Å². The van der Waals surface area contributed by atoms with Gasteiger partial charge in [-0.05, 0) is 36.8 Å². The van der Waals surface area contributed by atoms with E-state index in [4.69, 9.17) is 4.74 Å². The monoisotopic (exact) mass is 320 g/mol. The van der Waals surface area contributed by atoms with Gasteiger partial charge in [0.1, 0.15) is 5.75 Å². The van der Waals surface area contributed by atoms with Gasteiger partial charge in [0.25, 0.3) is 0 Å². The molecule has 1 amide bonds. The minimum absolute atomic E-state index is 0.0391. The summed E-state index contributed by atoms with van der Waals surface area (Å²) in [6.45, 7) is 1.81. The first kappa shape index (κ1) is 16.9. The molecule has 1 atom stereocenters. The summed E-state index contributed by atoms with van der Waals surface area (Å²) in [6.07, 6.45) is 0. The van der Waals surface area contributed by atoms with Crippen molar-refractivity contribution in [2.75, 3.05) is 19.0 Å². The molecule has 0 radical (unpaired) electrons. The fraction of sp³-hybridized carbons (Fsp3) is 0.235. The first-order chi connectivity index (χ1) is 11.0. The van der Waals surface area contributed by atoms with Crippen molar-refractivity contribution >= 4 is 11.6 Å². The zero-order valence-corrected chi connectivity index (χ0v) is 12.9. The first-order valence-electron chi connectivity index (χ1n) is 7.12. The smallest absolute Gasteiger partial charge is 0.238 e. The number of hydrogen-bond acceptors (Lipinski definition) is 3. The lowest BCUT2D eigenvalue weighted by atomic mass is 10.1. The van der Waals surface area contributed by atoms with Gasteiger partial charge in [-0.3, -0.25) is 4.79 Å². The highest BCUT2D eigenvalue weighted by Crippen LogP contribution is 2.17. The zero-order chi connectivity index (χ0) is 16.8. The lowest BCUT2D eigenvalue weighted by Gasteiger charge is -2.14. The van der Waals surface area contributed by atoms with Crippen LogP contribution in [0.5, 0.6) is 5.75 Å². The van der Waals surface area contributed by atoms with Crippen LogP contribution >= 0.6 is 0 Å². The van der Waals surface area contributed by atoms with E-state index in [0.29, 0.717) is 17.0 Å². The summed E-state index contributed by atoms with van der Waals surface area (Å²) in [7, 11) is 1.55. The molecule has 0 saturated heterocycles. The number of rotatable bonds is 6. The van der Waals surface area contributed by atoms with Gasteiger partial charge in [-0.2, -0.15) is 0 Å². The second-order valence-electron chi connectivity index (χ2n) is 5.06. The highest BCUT2D eigenvalue weighted by molar-refractivity contribution is 5.92. The Labute approximate surface area is 133 Å². The Hall–Kier alpha value is -2.47. The molecular formula is C17H18F2N2O2. The molecule has 122 valence electrons. The van der Waals surface area contributed by atoms with E-state index in [9.17, 15) is 13.6 Å². The van der Waals surface area contributed by atoms with Gasteiger partial charge in [-0.15, -0.1) is 0 Å². The van der Waals surface area contributed by atoms with Crippen molar-refractivity contribution in [1.29, 1.82) is 0 Å². The molecular weight excluding hydrogens is 302 g/mol. The van der Waals surface area contributed by atoms with Crippen molar-refractivity contribution in [3.63, 3.8) is 0 Å². The van der Waals surface area contributed by atoms with E-state index in [1.165, 1.54) is 6.07 Å². The SMILES string of the molecule is COc1cccc(NC(=O)CN[C@H](C)c2ccc(F)c(F)c2)c1. The van der Waals surface area contributed by atoms with Gasteiger partial charge < -0.3 is 15.4 Å². The quantitative estimate of drug-likeness (QED) is 0.859. The normalized spacial score (nSPS) is 11.8. The third-order valence-corrected chi connectivity index (χ3v) is 3.37. The van der Waals surface area contributed by atoms with Crippen LogP contribution in [-0.2, 0) is 4.79 Å². The number of ether oxygens (including phenoxy) is 1. The highest BCUT2D eigenvalue weighted by atomic mass is 19.2. The Morgan fingerprint density at radius 3 is 2.65 bits per heavy atom. The second-order valence-corrected chi connectivity index (χ2v) is 5.06. The van der Waals surface area contributed by atoms with Crippen LogP contribution in [0.2, 0.25) is 0 Å². The van der Waals surface area contributed by atoms with Crippen LogP contribution < -0.4 is 15.4 Å². The summed E-state index contributed by atoms with van der Waals surface area (Å²) in [5.41, 5.74) is 1.19. The Morgan fingerprint density at radius 2 is 1.96 bits per heavy atom. The van der Waals surface area contributed by atoms with E-state index < -0.39 is 11.6 Å². The van der Waals surface area contributed by atoms with E-state index in [-0.39, 0.29) is 18.5 Å². The van der Waals surface area contributed by atoms with Gasteiger partial charge in [0.15, 0.2) is 11.6 Å². The van der Waals surface area contributed by atoms with Crippen molar-refractivity contribution in [2.45, 2.75) is 13.0 Å². The molecule has 2 rings (SSSR count). The number of halogens is 2. The second kappa shape index (κ2) is 7.69. The average molecular weight is 320 g/mol. The fourth-order valence-corrected chi connectivity index (χ4v) is 2.05. The largest absolute Gasteiger partial charge is 0.497 e. The Kier molecular flexibility index (Phi) is 5.65. The van der Waals surface area contributed by atoms with E-state index >= 15 is 0 Å². The number of amides is 1. The maximum Gasteiger partial charge on any atom is 0.238 e. The highest BCUT2D eigenvalue weighted by Gasteiger charge is 2.11. The van der Waals surface area contributed by atoms with Gasteiger partial charge in [-0.1, -0.05) is 12.1 Å². The van der Waals surface area contributed by atoms with E-state index in [2.05, 4.69) is 10.6 Å². The Morgan fingerprint density at radius 1 is 1.17 bits per heavy atom. The molecule has 0 saturated carbocycles. The number of methoxy groups -OCH3 is 1. The van der Waals surface area contributed by atoms with E-state index in [1.807, 2.05) is 0 Å². The van der Waals surface area contributed by atoms with Gasteiger partial charge in [0.05, 0.1) is 13.7 Å². The molecule has 0 bridgehead atoms. The number of carbonyl (C=O) groups excluding carboxylic acids is 1. The molecule has 0 aliphatic heterocycles. The third kappa shape index (κ3) is 4.75. The van der Waals surface area contributed by atoms with Crippen molar-refractivity contribution in [3.8, 4) is 5.75 Å². The van der Waals surface area contributed by atoms with Crippen molar-refractivity contribution in [2.24, 2.45) is 0 Å². The van der Waals surface area contributed by atoms with Crippen LogP contribution in [0.4, 0.5) is 14.5 Å². The van der Waals surface area contributed by atoms with Crippen LogP contribution in [0.25, 0.3) is 0 Å². The minimum atomic E-state index is -0.906. The molecule has 2 N–H and O–H groups in total. The van der Waals surface area contributed by atoms with Crippen LogP contribution in [-0.4, -0.2) is 19.6 Å². The fourth-order valence-electron chi connectivity index (χ4n) is 2.05. The Bertz CT molecular complexity index is 692. The maximum atomic E-state index is 13.2. The summed E-state index contributed by atoms with van der Waals surface area (Å²) < 4.78 is 31.2. The number of hydrogen-bond donors (Lipinski definition) is 2. The van der Waals surface area contributed by atoms with Crippen LogP contribution in [0, 0.1) is 11.6 Å². The lowest BCUT2D eigenvalue weighted by Crippen LogP contribution is -2.30. The van der Waals surface area contributed by atoms with Gasteiger partial charge in [0.2, 0.25) is 5.91 Å². The predicted molar refractivity (Wildman–Crippen MR) is 84.4 cm³/mol. The molecule has 0 unspecified atom stereocenters. The van der Waals surface area contributed by atoms with Crippen molar-refractivity contribution < 1.29 is 18.3 Å². The summed E-state index contributed by atoms with van der Waals surface area (Å²) in [4.78, 5) is 11.9. The summed E-state index contributed by atoms with van der Waals surface area (Å²) in [5.74, 6) is -1.40. The molecule has 0 aliphatic carbocycles. The molecule has 0 aromatic heterocycles. The molecule has 23 heavy (non-hydrogen) atoms. The summed E-state index contributed by atoms with van der Waals surface area (Å²) in [6, 6.07) is 10.4. The molecule has 6 heteroatoms. The predicted octanol–water partition coefficient (Wildman–Crippen LogP) is 3.26. The molecule has 0 spiro atoms. The lowest BCUT2D eigenvalue weighted by molar-refractivity contribution is -0.115. The third-order valence-electron chi connectivity index (χ3n) is 3.37. The minimum Gasteiger partial charge on any atom is -0.497 e. The Balaban J connectivity index is 1.89. The molecule has 0 aliphatic rings. The van der Waals surface area contributed by atoms with Crippen LogP contribution in [0.3, 0.4) is 0 Å². The number of benzene rings is 2. The van der Waals surface area contributed by atoms with Gasteiger partial charge >= 0.3 is 0 Å².